The van der Waals surface area contributed by atoms with Crippen LogP contribution in [0.25, 0.3) is 38.9 Å². The van der Waals surface area contributed by atoms with Crippen LogP contribution in [0.15, 0.2) is 73.3 Å². The third-order valence-electron chi connectivity index (χ3n) is 6.50. The van der Waals surface area contributed by atoms with Crippen molar-refractivity contribution in [3.05, 3.63) is 90.5 Å². The molecule has 3 heterocycles. The molecule has 1 saturated carbocycles. The Morgan fingerprint density at radius 1 is 0.861 bits per heavy atom. The number of aryl methyl sites for hydroxylation is 1. The number of fused-ring (bicyclic) bond motifs is 1. The third-order valence-corrected chi connectivity index (χ3v) is 8.72. The first-order chi connectivity index (χ1) is 17.3. The molecule has 0 spiro atoms. The van der Waals surface area contributed by atoms with Crippen molar-refractivity contribution in [3.8, 4) is 33.4 Å². The van der Waals surface area contributed by atoms with Crippen LogP contribution >= 0.6 is 0 Å². The van der Waals surface area contributed by atoms with Gasteiger partial charge in [0.15, 0.2) is 9.84 Å². The summed E-state index contributed by atoms with van der Waals surface area (Å²) in [5.41, 5.74) is 5.46. The van der Waals surface area contributed by atoms with Gasteiger partial charge >= 0.3 is 0 Å². The molecule has 0 amide bonds. The highest BCUT2D eigenvalue weighted by Gasteiger charge is 2.35. The summed E-state index contributed by atoms with van der Waals surface area (Å²) in [4.78, 5) is 0. The number of nitrogens with zero attached hydrogens (tertiary/aromatic N) is 4. The molecule has 3 aromatic heterocycles. The second-order valence-corrected chi connectivity index (χ2v) is 11.5. The van der Waals surface area contributed by atoms with E-state index in [4.69, 9.17) is 0 Å². The number of halogens is 2. The zero-order valence-corrected chi connectivity index (χ0v) is 20.2. The molecule has 9 heteroatoms. The van der Waals surface area contributed by atoms with E-state index in [1.165, 1.54) is 12.1 Å². The van der Waals surface area contributed by atoms with Crippen molar-refractivity contribution in [2.45, 2.75) is 23.8 Å². The van der Waals surface area contributed by atoms with E-state index in [9.17, 15) is 17.2 Å². The molecule has 0 atom stereocenters. The first-order valence-electron chi connectivity index (χ1n) is 11.5. The third kappa shape index (κ3) is 4.19. The summed E-state index contributed by atoms with van der Waals surface area (Å²) < 4.78 is 57.3. The predicted molar refractivity (Wildman–Crippen MR) is 134 cm³/mol. The first kappa shape index (κ1) is 22.6. The molecule has 0 radical (unpaired) electrons. The lowest BCUT2D eigenvalue weighted by molar-refractivity contribution is 0.585. The Morgan fingerprint density at radius 2 is 1.64 bits per heavy atom. The normalized spacial score (nSPS) is 14.0. The van der Waals surface area contributed by atoms with Crippen LogP contribution in [0.5, 0.6) is 0 Å². The van der Waals surface area contributed by atoms with E-state index in [0.29, 0.717) is 29.5 Å². The van der Waals surface area contributed by atoms with E-state index in [0.717, 1.165) is 28.3 Å². The van der Waals surface area contributed by atoms with E-state index in [1.807, 2.05) is 37.6 Å². The number of hydrogen-bond acceptors (Lipinski definition) is 4. The van der Waals surface area contributed by atoms with E-state index in [2.05, 4.69) is 10.2 Å². The number of rotatable bonds is 6. The van der Waals surface area contributed by atoms with Gasteiger partial charge in [-0.15, -0.1) is 0 Å². The lowest BCUT2D eigenvalue weighted by atomic mass is 9.96. The zero-order valence-electron chi connectivity index (χ0n) is 19.4. The summed E-state index contributed by atoms with van der Waals surface area (Å²) >= 11 is 0. The topological polar surface area (TPSA) is 69.3 Å². The molecule has 0 saturated heterocycles. The van der Waals surface area contributed by atoms with Crippen molar-refractivity contribution in [2.75, 3.05) is 0 Å². The van der Waals surface area contributed by atoms with Crippen LogP contribution in [0.4, 0.5) is 8.78 Å². The Hall–Kier alpha value is -3.85. The van der Waals surface area contributed by atoms with Crippen molar-refractivity contribution < 1.29 is 17.2 Å². The molecular weight excluding hydrogens is 482 g/mol. The second-order valence-electron chi connectivity index (χ2n) is 9.26. The molecule has 0 unspecified atom stereocenters. The maximum atomic E-state index is 14.7. The summed E-state index contributed by atoms with van der Waals surface area (Å²) in [7, 11) is -1.45. The average Bonchev–Trinajstić information content (AvgIpc) is 3.49. The van der Waals surface area contributed by atoms with E-state index < -0.39 is 21.5 Å². The molecule has 36 heavy (non-hydrogen) atoms. The lowest BCUT2D eigenvalue weighted by Crippen LogP contribution is -2.10. The molecule has 2 aromatic carbocycles. The summed E-state index contributed by atoms with van der Waals surface area (Å²) in [6.45, 7) is 0. The fourth-order valence-electron chi connectivity index (χ4n) is 4.53. The molecule has 0 aliphatic heterocycles. The van der Waals surface area contributed by atoms with Crippen LogP contribution < -0.4 is 0 Å². The van der Waals surface area contributed by atoms with Gasteiger partial charge < -0.3 is 0 Å². The molecule has 6 nitrogen and oxygen atoms in total. The average molecular weight is 505 g/mol. The van der Waals surface area contributed by atoms with Crippen molar-refractivity contribution in [1.82, 2.24) is 19.4 Å². The van der Waals surface area contributed by atoms with Gasteiger partial charge in [-0.1, -0.05) is 6.07 Å². The second kappa shape index (κ2) is 8.37. The van der Waals surface area contributed by atoms with Crippen LogP contribution in [0, 0.1) is 11.6 Å². The quantitative estimate of drug-likeness (QED) is 0.310. The van der Waals surface area contributed by atoms with E-state index >= 15 is 0 Å². The number of sulfone groups is 1. The van der Waals surface area contributed by atoms with Crippen molar-refractivity contribution in [3.63, 3.8) is 0 Å². The Balaban J connectivity index is 1.47. The van der Waals surface area contributed by atoms with Crippen LogP contribution in [0.2, 0.25) is 0 Å². The molecule has 1 fully saturated rings. The molecule has 0 bridgehead atoms. The van der Waals surface area contributed by atoms with Gasteiger partial charge in [0.1, 0.15) is 11.6 Å². The molecular formula is C27H22F2N4O2S. The number of benzene rings is 2. The fourth-order valence-corrected chi connectivity index (χ4v) is 6.26. The van der Waals surface area contributed by atoms with Crippen LogP contribution in [-0.4, -0.2) is 33.1 Å². The monoisotopic (exact) mass is 504 g/mol. The number of hydrogen-bond donors (Lipinski definition) is 0. The highest BCUT2D eigenvalue weighted by Crippen LogP contribution is 2.36. The lowest BCUT2D eigenvalue weighted by Gasteiger charge is -2.11. The Morgan fingerprint density at radius 3 is 2.33 bits per heavy atom. The van der Waals surface area contributed by atoms with Gasteiger partial charge in [0.2, 0.25) is 0 Å². The van der Waals surface area contributed by atoms with Crippen molar-refractivity contribution >= 4 is 15.4 Å². The van der Waals surface area contributed by atoms with Gasteiger partial charge in [-0.05, 0) is 65.9 Å². The highest BCUT2D eigenvalue weighted by atomic mass is 32.2. The molecule has 1 aliphatic rings. The largest absolute Gasteiger partial charge is 0.275 e. The van der Waals surface area contributed by atoms with Gasteiger partial charge in [0, 0.05) is 47.8 Å². The summed E-state index contributed by atoms with van der Waals surface area (Å²) in [5, 5.41) is 8.42. The molecule has 6 rings (SSSR count). The molecule has 1 aliphatic carbocycles. The van der Waals surface area contributed by atoms with Gasteiger partial charge in [-0.25, -0.2) is 21.7 Å². The highest BCUT2D eigenvalue weighted by molar-refractivity contribution is 7.91. The summed E-state index contributed by atoms with van der Waals surface area (Å²) in [6.07, 6.45) is 8.65. The molecule has 5 aromatic rings. The SMILES string of the molecule is Cn1cc(-c2ccc3c(-c4cc(CS(=O)(=O)C5CC5)cc(-c5ccc(F)cc5F)c4)cnn3c2)cn1. The maximum absolute atomic E-state index is 14.7. The Labute approximate surface area is 206 Å². The molecule has 0 N–H and O–H groups in total. The first-order valence-corrected chi connectivity index (χ1v) is 13.3. The number of aromatic nitrogens is 4. The Kier molecular flexibility index (Phi) is 5.26. The van der Waals surface area contributed by atoms with Crippen molar-refractivity contribution in [1.29, 1.82) is 0 Å². The minimum absolute atomic E-state index is 0.133. The predicted octanol–water partition coefficient (Wildman–Crippen LogP) is 5.42. The summed E-state index contributed by atoms with van der Waals surface area (Å²) in [6, 6.07) is 12.6. The Bertz CT molecular complexity index is 1740. The van der Waals surface area contributed by atoms with Crippen LogP contribution in [-0.2, 0) is 22.6 Å². The fraction of sp³-hybridized carbons (Fsp3) is 0.185. The van der Waals surface area contributed by atoms with Gasteiger partial charge in [-0.2, -0.15) is 10.2 Å². The van der Waals surface area contributed by atoms with E-state index in [1.54, 1.807) is 33.7 Å². The minimum atomic E-state index is -3.30. The molecule has 182 valence electrons. The van der Waals surface area contributed by atoms with Crippen LogP contribution in [0.1, 0.15) is 18.4 Å². The van der Waals surface area contributed by atoms with Gasteiger partial charge in [0.05, 0.1) is 28.9 Å². The van der Waals surface area contributed by atoms with E-state index in [-0.39, 0.29) is 16.6 Å². The minimum Gasteiger partial charge on any atom is -0.275 e. The van der Waals surface area contributed by atoms with Gasteiger partial charge in [0.25, 0.3) is 0 Å². The smallest absolute Gasteiger partial charge is 0.157 e. The van der Waals surface area contributed by atoms with Gasteiger partial charge in [-0.3, -0.25) is 4.68 Å². The maximum Gasteiger partial charge on any atom is 0.157 e. The summed E-state index contributed by atoms with van der Waals surface area (Å²) in [5.74, 6) is -1.51. The van der Waals surface area contributed by atoms with Crippen LogP contribution in [0.3, 0.4) is 0 Å². The standard InChI is InChI=1S/C27H22F2N4O2S/c1-32-14-21(12-30-32)18-2-7-27-25(13-31-33(27)15-18)20-9-17(16-36(34,35)23-4-5-23)8-19(10-20)24-6-3-22(28)11-26(24)29/h2-3,6-15,23H,4-5,16H2,1H3. The number of pyridine rings is 1. The van der Waals surface area contributed by atoms with Crippen molar-refractivity contribution in [2.24, 2.45) is 7.05 Å². The zero-order chi connectivity index (χ0) is 25.0.